The average Bonchev–Trinajstić information content (AvgIpc) is 3.32. The lowest BCUT2D eigenvalue weighted by atomic mass is 10.1. The summed E-state index contributed by atoms with van der Waals surface area (Å²) < 4.78 is 57.3. The van der Waals surface area contributed by atoms with Gasteiger partial charge in [-0.05, 0) is 30.3 Å². The Labute approximate surface area is 180 Å². The molecule has 0 fully saturated rings. The molecule has 0 radical (unpaired) electrons. The van der Waals surface area contributed by atoms with Crippen LogP contribution < -0.4 is 5.73 Å². The number of nitrogens with zero attached hydrogens (tertiary/aromatic N) is 4. The van der Waals surface area contributed by atoms with E-state index in [4.69, 9.17) is 21.8 Å². The maximum absolute atomic E-state index is 12.7. The Hall–Kier alpha value is -2.44. The van der Waals surface area contributed by atoms with Crippen molar-refractivity contribution < 1.29 is 21.8 Å². The van der Waals surface area contributed by atoms with Crippen LogP contribution in [0.3, 0.4) is 0 Å². The van der Waals surface area contributed by atoms with Crippen LogP contribution in [0.15, 0.2) is 39.7 Å². The molecule has 2 atom stereocenters. The van der Waals surface area contributed by atoms with E-state index in [-0.39, 0.29) is 23.5 Å². The van der Waals surface area contributed by atoms with Crippen molar-refractivity contribution in [3.8, 4) is 22.2 Å². The lowest BCUT2D eigenvalue weighted by molar-refractivity contribution is -0.137. The molecular formula is C17H13ClF3N5O2S2. The zero-order chi connectivity index (χ0) is 21.6. The van der Waals surface area contributed by atoms with Gasteiger partial charge in [0.15, 0.2) is 0 Å². The summed E-state index contributed by atoms with van der Waals surface area (Å²) in [6.07, 6.45) is -4.42. The first kappa shape index (κ1) is 20.8. The number of halogens is 4. The minimum Gasteiger partial charge on any atom is -0.415 e. The predicted octanol–water partition coefficient (Wildman–Crippen LogP) is 4.10. The van der Waals surface area contributed by atoms with Gasteiger partial charge in [0.1, 0.15) is 17.0 Å². The summed E-state index contributed by atoms with van der Waals surface area (Å²) in [5.41, 5.74) is 5.39. The van der Waals surface area contributed by atoms with E-state index >= 15 is 0 Å². The van der Waals surface area contributed by atoms with Gasteiger partial charge >= 0.3 is 6.18 Å². The fourth-order valence-corrected chi connectivity index (χ4v) is 5.24. The molecule has 13 heteroatoms. The molecule has 0 saturated carbocycles. The van der Waals surface area contributed by atoms with Crippen LogP contribution in [0.1, 0.15) is 16.5 Å². The third kappa shape index (κ3) is 3.94. The fraction of sp³-hybridized carbons (Fsp3) is 0.235. The molecule has 7 nitrogen and oxygen atoms in total. The molecule has 158 valence electrons. The van der Waals surface area contributed by atoms with Crippen LogP contribution in [0, 0.1) is 0 Å². The van der Waals surface area contributed by atoms with Gasteiger partial charge in [-0.1, -0.05) is 11.6 Å². The number of aromatic nitrogens is 2. The van der Waals surface area contributed by atoms with Crippen LogP contribution in [0.5, 0.6) is 0 Å². The maximum Gasteiger partial charge on any atom is 0.416 e. The first-order chi connectivity index (χ1) is 14.1. The molecule has 1 aromatic carbocycles. The van der Waals surface area contributed by atoms with Gasteiger partial charge in [0, 0.05) is 17.5 Å². The van der Waals surface area contributed by atoms with E-state index < -0.39 is 28.8 Å². The minimum absolute atomic E-state index is 0.0763. The average molecular weight is 476 g/mol. The highest BCUT2D eigenvalue weighted by Crippen LogP contribution is 2.40. The molecule has 1 aliphatic heterocycles. The van der Waals surface area contributed by atoms with Crippen molar-refractivity contribution >= 4 is 39.9 Å². The highest BCUT2D eigenvalue weighted by Gasteiger charge is 2.31. The van der Waals surface area contributed by atoms with Gasteiger partial charge in [-0.2, -0.15) is 13.2 Å². The quantitative estimate of drug-likeness (QED) is 0.615. The number of rotatable bonds is 3. The highest BCUT2D eigenvalue weighted by atomic mass is 35.5. The first-order valence-corrected chi connectivity index (χ1v) is 10.9. The van der Waals surface area contributed by atoms with Crippen molar-refractivity contribution in [2.45, 2.75) is 12.2 Å². The van der Waals surface area contributed by atoms with Crippen LogP contribution in [0.4, 0.5) is 13.2 Å². The zero-order valence-electron chi connectivity index (χ0n) is 15.2. The van der Waals surface area contributed by atoms with Crippen molar-refractivity contribution in [2.24, 2.45) is 10.7 Å². The standard InChI is InChI=1S/C17H13ClF3N5O2S2/c1-26-16(22)23-11(7-30(26)27)13-10(18)6-12(29-13)15-25-24-14(28-15)8-2-4-9(5-3-8)17(19,20)21/h2-6,11H,7H2,1H3,(H2,22,23). The predicted molar refractivity (Wildman–Crippen MR) is 108 cm³/mol. The molecule has 2 unspecified atom stereocenters. The summed E-state index contributed by atoms with van der Waals surface area (Å²) in [7, 11) is 0.267. The lowest BCUT2D eigenvalue weighted by Crippen LogP contribution is -2.41. The number of benzene rings is 1. The molecule has 0 spiro atoms. The lowest BCUT2D eigenvalue weighted by Gasteiger charge is -2.25. The Kier molecular flexibility index (Phi) is 5.32. The van der Waals surface area contributed by atoms with E-state index in [1.807, 2.05) is 0 Å². The molecule has 1 aliphatic rings. The van der Waals surface area contributed by atoms with Crippen molar-refractivity contribution in [2.75, 3.05) is 12.8 Å². The molecule has 2 N–H and O–H groups in total. The largest absolute Gasteiger partial charge is 0.416 e. The number of hydrogen-bond donors (Lipinski definition) is 1. The van der Waals surface area contributed by atoms with Crippen LogP contribution in [-0.2, 0) is 17.2 Å². The Bertz CT molecular complexity index is 1140. The molecule has 2 aromatic heterocycles. The van der Waals surface area contributed by atoms with Crippen molar-refractivity contribution in [1.82, 2.24) is 14.5 Å². The van der Waals surface area contributed by atoms with E-state index in [1.165, 1.54) is 27.8 Å². The van der Waals surface area contributed by atoms with E-state index in [0.717, 1.165) is 12.1 Å². The molecular weight excluding hydrogens is 463 g/mol. The van der Waals surface area contributed by atoms with Crippen LogP contribution in [0.2, 0.25) is 5.02 Å². The third-order valence-corrected chi connectivity index (χ3v) is 7.38. The monoisotopic (exact) mass is 475 g/mol. The summed E-state index contributed by atoms with van der Waals surface area (Å²) in [4.78, 5) is 5.54. The fourth-order valence-electron chi connectivity index (χ4n) is 2.72. The van der Waals surface area contributed by atoms with Gasteiger partial charge in [-0.15, -0.1) is 21.5 Å². The van der Waals surface area contributed by atoms with Crippen molar-refractivity contribution in [3.63, 3.8) is 0 Å². The van der Waals surface area contributed by atoms with Crippen LogP contribution in [-0.4, -0.2) is 37.5 Å². The molecule has 4 rings (SSSR count). The minimum atomic E-state index is -4.42. The second-order valence-electron chi connectivity index (χ2n) is 6.30. The molecule has 0 aliphatic carbocycles. The SMILES string of the molecule is CN1C(N)=NC(c2sc(-c3nnc(-c4ccc(C(F)(F)F)cc4)o3)cc2Cl)CS1=O. The van der Waals surface area contributed by atoms with Gasteiger partial charge in [0.05, 0.1) is 21.2 Å². The second-order valence-corrected chi connectivity index (χ2v) is 9.31. The zero-order valence-corrected chi connectivity index (χ0v) is 17.6. The van der Waals surface area contributed by atoms with Gasteiger partial charge in [0.2, 0.25) is 11.9 Å². The Morgan fingerprint density at radius 2 is 1.93 bits per heavy atom. The highest BCUT2D eigenvalue weighted by molar-refractivity contribution is 7.83. The van der Waals surface area contributed by atoms with Gasteiger partial charge in [-0.3, -0.25) is 4.31 Å². The normalized spacial score (nSPS) is 19.8. The Balaban J connectivity index is 1.60. The molecule has 3 aromatic rings. The number of alkyl halides is 3. The van der Waals surface area contributed by atoms with E-state index in [0.29, 0.717) is 20.3 Å². The molecule has 0 bridgehead atoms. The number of aliphatic imine (C=N–C) groups is 1. The smallest absolute Gasteiger partial charge is 0.415 e. The van der Waals surface area contributed by atoms with E-state index in [2.05, 4.69) is 15.2 Å². The molecule has 3 heterocycles. The molecule has 0 saturated heterocycles. The van der Waals surface area contributed by atoms with Crippen LogP contribution in [0.25, 0.3) is 22.2 Å². The molecule has 0 amide bonds. The number of guanidine groups is 1. The summed E-state index contributed by atoms with van der Waals surface area (Å²) in [6.45, 7) is 0. The summed E-state index contributed by atoms with van der Waals surface area (Å²) >= 11 is 7.58. The summed E-state index contributed by atoms with van der Waals surface area (Å²) in [5.74, 6) is 0.622. The first-order valence-electron chi connectivity index (χ1n) is 8.39. The van der Waals surface area contributed by atoms with Crippen LogP contribution >= 0.6 is 22.9 Å². The number of hydrogen-bond acceptors (Lipinski definition) is 7. The van der Waals surface area contributed by atoms with E-state index in [9.17, 15) is 17.4 Å². The van der Waals surface area contributed by atoms with Crippen molar-refractivity contribution in [3.05, 3.63) is 45.8 Å². The van der Waals surface area contributed by atoms with Gasteiger partial charge in [-0.25, -0.2) is 9.20 Å². The number of thiophene rings is 1. The third-order valence-electron chi connectivity index (χ3n) is 4.33. The Morgan fingerprint density at radius 3 is 2.57 bits per heavy atom. The summed E-state index contributed by atoms with van der Waals surface area (Å²) in [5, 5.41) is 8.26. The number of nitrogens with two attached hydrogens (primary N) is 1. The van der Waals surface area contributed by atoms with E-state index in [1.54, 1.807) is 13.1 Å². The topological polar surface area (TPSA) is 97.6 Å². The Morgan fingerprint density at radius 1 is 1.27 bits per heavy atom. The van der Waals surface area contributed by atoms with Crippen molar-refractivity contribution in [1.29, 1.82) is 0 Å². The second kappa shape index (κ2) is 7.67. The molecule has 30 heavy (non-hydrogen) atoms. The van der Waals surface area contributed by atoms with Gasteiger partial charge < -0.3 is 10.2 Å². The van der Waals surface area contributed by atoms with Gasteiger partial charge in [0.25, 0.3) is 5.89 Å². The summed E-state index contributed by atoms with van der Waals surface area (Å²) in [6, 6.07) is 5.57. The maximum atomic E-state index is 12.7.